The van der Waals surface area contributed by atoms with Gasteiger partial charge in [0.1, 0.15) is 0 Å². The Labute approximate surface area is 119 Å². The minimum atomic E-state index is -1.73. The molecular formula is C14H25ClOSi2. The number of hydrogen-bond acceptors (Lipinski definition) is 1. The fourth-order valence-electron chi connectivity index (χ4n) is 3.09. The molecule has 1 unspecified atom stereocenters. The molecule has 0 saturated carbocycles. The van der Waals surface area contributed by atoms with Crippen LogP contribution in [0.15, 0.2) is 24.3 Å². The highest BCUT2D eigenvalue weighted by Crippen LogP contribution is 2.37. The Bertz CT molecular complexity index is 399. The van der Waals surface area contributed by atoms with Crippen LogP contribution >= 0.6 is 11.6 Å². The van der Waals surface area contributed by atoms with Crippen LogP contribution in [-0.4, -0.2) is 23.0 Å². The van der Waals surface area contributed by atoms with Crippen molar-refractivity contribution < 1.29 is 4.43 Å². The molecule has 1 atom stereocenters. The summed E-state index contributed by atoms with van der Waals surface area (Å²) < 4.78 is 6.14. The smallest absolute Gasteiger partial charge is 0.191 e. The van der Waals surface area contributed by atoms with Gasteiger partial charge in [-0.15, -0.1) is 0 Å². The van der Waals surface area contributed by atoms with Gasteiger partial charge < -0.3 is 4.43 Å². The fourth-order valence-corrected chi connectivity index (χ4v) is 14.9. The van der Waals surface area contributed by atoms with Crippen molar-refractivity contribution in [3.05, 3.63) is 34.9 Å². The third kappa shape index (κ3) is 3.95. The molecule has 0 aromatic heterocycles. The summed E-state index contributed by atoms with van der Waals surface area (Å²) in [6.07, 6.45) is 0. The van der Waals surface area contributed by atoms with Crippen molar-refractivity contribution in [3.8, 4) is 0 Å². The van der Waals surface area contributed by atoms with Crippen molar-refractivity contribution in [2.24, 2.45) is 0 Å². The van der Waals surface area contributed by atoms with Gasteiger partial charge in [-0.3, -0.25) is 0 Å². The first-order chi connectivity index (χ1) is 8.18. The van der Waals surface area contributed by atoms with Crippen LogP contribution in [0.3, 0.4) is 0 Å². The molecule has 0 amide bonds. The highest BCUT2D eigenvalue weighted by atomic mass is 35.5. The molecule has 0 fully saturated rings. The van der Waals surface area contributed by atoms with Gasteiger partial charge >= 0.3 is 0 Å². The lowest BCUT2D eigenvalue weighted by Gasteiger charge is -2.40. The molecular weight excluding hydrogens is 276 g/mol. The number of hydrogen-bond donors (Lipinski definition) is 0. The van der Waals surface area contributed by atoms with Crippen LogP contribution in [0.1, 0.15) is 17.7 Å². The van der Waals surface area contributed by atoms with Gasteiger partial charge in [-0.2, -0.15) is 0 Å². The lowest BCUT2D eigenvalue weighted by molar-refractivity contribution is 0.326. The zero-order chi connectivity index (χ0) is 14.0. The second-order valence-electron chi connectivity index (χ2n) is 6.39. The molecule has 0 N–H and O–H groups in total. The van der Waals surface area contributed by atoms with Gasteiger partial charge in [-0.05, 0) is 42.9 Å². The Balaban J connectivity index is 3.22. The van der Waals surface area contributed by atoms with E-state index in [-0.39, 0.29) is 0 Å². The average molecular weight is 301 g/mol. The van der Waals surface area contributed by atoms with E-state index in [0.29, 0.717) is 5.16 Å². The highest BCUT2D eigenvalue weighted by Gasteiger charge is 2.43. The summed E-state index contributed by atoms with van der Waals surface area (Å²) in [5, 5.41) is 1.40. The maximum absolute atomic E-state index is 6.16. The van der Waals surface area contributed by atoms with Gasteiger partial charge in [-0.1, -0.05) is 43.4 Å². The second kappa shape index (κ2) is 5.91. The van der Waals surface area contributed by atoms with Crippen LogP contribution in [0.4, 0.5) is 0 Å². The lowest BCUT2D eigenvalue weighted by Crippen LogP contribution is -2.50. The molecule has 102 valence electrons. The van der Waals surface area contributed by atoms with Gasteiger partial charge in [0.25, 0.3) is 0 Å². The van der Waals surface area contributed by atoms with E-state index in [0.717, 1.165) is 11.6 Å². The zero-order valence-corrected chi connectivity index (χ0v) is 15.1. The zero-order valence-electron chi connectivity index (χ0n) is 12.4. The fraction of sp³-hybridized carbons (Fsp3) is 0.571. The summed E-state index contributed by atoms with van der Waals surface area (Å²) in [5.41, 5.74) is 1.37. The molecule has 18 heavy (non-hydrogen) atoms. The Kier molecular flexibility index (Phi) is 5.24. The van der Waals surface area contributed by atoms with E-state index in [4.69, 9.17) is 16.0 Å². The van der Waals surface area contributed by atoms with Gasteiger partial charge in [0.2, 0.25) is 0 Å². The topological polar surface area (TPSA) is 9.23 Å². The molecule has 0 aliphatic rings. The van der Waals surface area contributed by atoms with Crippen LogP contribution in [0.5, 0.6) is 0 Å². The largest absolute Gasteiger partial charge is 0.417 e. The molecule has 1 aromatic carbocycles. The number of benzene rings is 1. The first-order valence-corrected chi connectivity index (χ1v) is 13.5. The predicted molar refractivity (Wildman–Crippen MR) is 86.6 cm³/mol. The van der Waals surface area contributed by atoms with Crippen molar-refractivity contribution in [2.45, 2.75) is 44.8 Å². The molecule has 0 aliphatic carbocycles. The third-order valence-corrected chi connectivity index (χ3v) is 13.0. The van der Waals surface area contributed by atoms with E-state index in [1.807, 2.05) is 6.07 Å². The molecule has 0 saturated heterocycles. The first kappa shape index (κ1) is 16.0. The van der Waals surface area contributed by atoms with Crippen molar-refractivity contribution in [3.63, 3.8) is 0 Å². The molecule has 0 aliphatic heterocycles. The standard InChI is InChI=1S/C14H25ClOSi2/c1-7-16-18(5,6)14(17(2,3)4)12-9-8-10-13(15)11-12/h8-11,14H,7H2,1-6H3. The molecule has 1 nitrogen and oxygen atoms in total. The van der Waals surface area contributed by atoms with E-state index in [9.17, 15) is 0 Å². The molecule has 0 heterocycles. The Morgan fingerprint density at radius 1 is 1.17 bits per heavy atom. The van der Waals surface area contributed by atoms with E-state index < -0.39 is 16.4 Å². The van der Waals surface area contributed by atoms with Crippen LogP contribution < -0.4 is 0 Å². The number of rotatable bonds is 5. The van der Waals surface area contributed by atoms with Gasteiger partial charge in [0, 0.05) is 11.6 Å². The van der Waals surface area contributed by atoms with Crippen molar-refractivity contribution in [2.75, 3.05) is 6.61 Å². The monoisotopic (exact) mass is 300 g/mol. The minimum Gasteiger partial charge on any atom is -0.417 e. The molecule has 4 heteroatoms. The maximum atomic E-state index is 6.16. The van der Waals surface area contributed by atoms with Crippen LogP contribution in [0, 0.1) is 0 Å². The molecule has 1 aromatic rings. The SMILES string of the molecule is CCO[Si](C)(C)C(c1cccc(Cl)c1)[Si](C)(C)C. The first-order valence-electron chi connectivity index (χ1n) is 6.58. The van der Waals surface area contributed by atoms with E-state index in [1.54, 1.807) is 0 Å². The second-order valence-corrected chi connectivity index (χ2v) is 16.8. The lowest BCUT2D eigenvalue weighted by atomic mass is 10.2. The summed E-state index contributed by atoms with van der Waals surface area (Å²) in [5.74, 6) is 0. The summed E-state index contributed by atoms with van der Waals surface area (Å²) in [6.45, 7) is 14.8. The van der Waals surface area contributed by atoms with Gasteiger partial charge in [0.15, 0.2) is 8.32 Å². The highest BCUT2D eigenvalue weighted by molar-refractivity contribution is 6.94. The van der Waals surface area contributed by atoms with E-state index in [2.05, 4.69) is 57.9 Å². The molecule has 1 rings (SSSR count). The maximum Gasteiger partial charge on any atom is 0.191 e. The van der Waals surface area contributed by atoms with Crippen LogP contribution in [0.2, 0.25) is 37.8 Å². The summed E-state index contributed by atoms with van der Waals surface area (Å²) in [6, 6.07) is 8.34. The van der Waals surface area contributed by atoms with Crippen LogP contribution in [-0.2, 0) is 4.43 Å². The Morgan fingerprint density at radius 3 is 2.22 bits per heavy atom. The van der Waals surface area contributed by atoms with Gasteiger partial charge in [0.05, 0.1) is 8.07 Å². The molecule has 0 bridgehead atoms. The summed E-state index contributed by atoms with van der Waals surface area (Å²) in [7, 11) is -3.07. The normalized spacial score (nSPS) is 14.6. The van der Waals surface area contributed by atoms with E-state index >= 15 is 0 Å². The summed E-state index contributed by atoms with van der Waals surface area (Å²) in [4.78, 5) is 0. The molecule has 0 radical (unpaired) electrons. The van der Waals surface area contributed by atoms with Crippen molar-refractivity contribution in [1.29, 1.82) is 0 Å². The predicted octanol–water partition coefficient (Wildman–Crippen LogP) is 5.08. The van der Waals surface area contributed by atoms with Crippen molar-refractivity contribution in [1.82, 2.24) is 0 Å². The number of halogens is 1. The average Bonchev–Trinajstić information content (AvgIpc) is 2.14. The minimum absolute atomic E-state index is 0.573. The van der Waals surface area contributed by atoms with Crippen molar-refractivity contribution >= 4 is 28.0 Å². The van der Waals surface area contributed by atoms with E-state index in [1.165, 1.54) is 5.56 Å². The molecule has 0 spiro atoms. The Hall–Kier alpha value is -0.0962. The van der Waals surface area contributed by atoms with Gasteiger partial charge in [-0.25, -0.2) is 0 Å². The Morgan fingerprint density at radius 2 is 1.78 bits per heavy atom. The van der Waals surface area contributed by atoms with Crippen LogP contribution in [0.25, 0.3) is 0 Å². The third-order valence-electron chi connectivity index (χ3n) is 3.26. The summed E-state index contributed by atoms with van der Waals surface area (Å²) >= 11 is 6.16. The quantitative estimate of drug-likeness (QED) is 0.689.